The van der Waals surface area contributed by atoms with Gasteiger partial charge in [0, 0.05) is 7.05 Å². The summed E-state index contributed by atoms with van der Waals surface area (Å²) in [7, 11) is 0.857. The van der Waals surface area contributed by atoms with Gasteiger partial charge in [-0.1, -0.05) is 0 Å². The van der Waals surface area contributed by atoms with Gasteiger partial charge >= 0.3 is 12.3 Å². The van der Waals surface area contributed by atoms with E-state index in [2.05, 4.69) is 0 Å². The highest BCUT2D eigenvalue weighted by Gasteiger charge is 2.30. The van der Waals surface area contributed by atoms with Gasteiger partial charge in [-0.3, -0.25) is 0 Å². The van der Waals surface area contributed by atoms with E-state index in [9.17, 15) is 18.0 Å². The summed E-state index contributed by atoms with van der Waals surface area (Å²) < 4.78 is 34.1. The Morgan fingerprint density at radius 1 is 1.55 bits per heavy atom. The molecule has 0 aromatic heterocycles. The van der Waals surface area contributed by atoms with Crippen molar-refractivity contribution in [3.05, 3.63) is 0 Å². The summed E-state index contributed by atoms with van der Waals surface area (Å²) in [6, 6.07) is 0. The van der Waals surface area contributed by atoms with Crippen LogP contribution in [-0.2, 0) is 0 Å². The molecule has 0 saturated carbocycles. The molecule has 0 saturated heterocycles. The Morgan fingerprint density at radius 3 is 2.00 bits per heavy atom. The van der Waals surface area contributed by atoms with Crippen LogP contribution in [0.25, 0.3) is 0 Å². The average molecular weight is 194 g/mol. The number of alkyl halides is 3. The largest absolute Gasteiger partial charge is 0.465 e. The predicted molar refractivity (Wildman–Crippen MR) is 34.0 cm³/mol. The maximum atomic E-state index is 11.4. The minimum absolute atomic E-state index is 0. The van der Waals surface area contributed by atoms with E-state index in [0.717, 1.165) is 7.05 Å². The van der Waals surface area contributed by atoms with Gasteiger partial charge in [-0.05, 0) is 0 Å². The third-order valence-electron chi connectivity index (χ3n) is 0.743. The molecule has 0 rings (SSSR count). The Balaban J connectivity index is 0. The normalized spacial score (nSPS) is 10.2. The van der Waals surface area contributed by atoms with Crippen molar-refractivity contribution in [2.75, 3.05) is 13.6 Å². The summed E-state index contributed by atoms with van der Waals surface area (Å²) in [5, 5.41) is 7.97. The van der Waals surface area contributed by atoms with Crippen molar-refractivity contribution < 1.29 is 23.1 Å². The van der Waals surface area contributed by atoms with Crippen LogP contribution >= 0.6 is 12.4 Å². The Hall–Kier alpha value is -0.650. The first-order valence-electron chi connectivity index (χ1n) is 2.34. The van der Waals surface area contributed by atoms with Gasteiger partial charge in [0.2, 0.25) is 0 Å². The highest BCUT2D eigenvalue weighted by Crippen LogP contribution is 2.15. The summed E-state index contributed by atoms with van der Waals surface area (Å²) >= 11 is 0. The molecule has 0 atom stereocenters. The third-order valence-corrected chi connectivity index (χ3v) is 0.743. The molecule has 0 aliphatic carbocycles. The van der Waals surface area contributed by atoms with E-state index in [1.807, 2.05) is 0 Å². The summed E-state index contributed by atoms with van der Waals surface area (Å²) in [4.78, 5) is 9.97. The monoisotopic (exact) mass is 193 g/mol. The summed E-state index contributed by atoms with van der Waals surface area (Å²) in [5.74, 6) is 0. The van der Waals surface area contributed by atoms with Crippen LogP contribution in [0.1, 0.15) is 0 Å². The van der Waals surface area contributed by atoms with Crippen molar-refractivity contribution in [1.29, 1.82) is 0 Å². The van der Waals surface area contributed by atoms with Crippen LogP contribution in [-0.4, -0.2) is 35.9 Å². The fourth-order valence-electron chi connectivity index (χ4n) is 0.337. The van der Waals surface area contributed by atoms with Gasteiger partial charge < -0.3 is 10.0 Å². The zero-order chi connectivity index (χ0) is 8.36. The van der Waals surface area contributed by atoms with Crippen molar-refractivity contribution in [2.24, 2.45) is 0 Å². The molecule has 1 amide bonds. The molecule has 0 aliphatic heterocycles. The minimum atomic E-state index is -4.45. The molecule has 0 heterocycles. The van der Waals surface area contributed by atoms with E-state index in [1.54, 1.807) is 0 Å². The number of amides is 1. The molecule has 0 aliphatic rings. The zero-order valence-electron chi connectivity index (χ0n) is 5.55. The van der Waals surface area contributed by atoms with Gasteiger partial charge in [0.1, 0.15) is 6.54 Å². The SMILES string of the molecule is CN(CC(F)(F)F)C(=O)O.Cl. The number of carbonyl (C=O) groups is 1. The highest BCUT2D eigenvalue weighted by molar-refractivity contribution is 5.85. The lowest BCUT2D eigenvalue weighted by atomic mass is 10.6. The minimum Gasteiger partial charge on any atom is -0.465 e. The molecule has 68 valence electrons. The van der Waals surface area contributed by atoms with Crippen molar-refractivity contribution in [1.82, 2.24) is 4.90 Å². The molecule has 0 aromatic carbocycles. The lowest BCUT2D eigenvalue weighted by Gasteiger charge is -2.14. The summed E-state index contributed by atoms with van der Waals surface area (Å²) in [5.41, 5.74) is 0. The zero-order valence-corrected chi connectivity index (χ0v) is 6.37. The molecule has 0 spiro atoms. The van der Waals surface area contributed by atoms with Crippen LogP contribution in [0.2, 0.25) is 0 Å². The van der Waals surface area contributed by atoms with E-state index >= 15 is 0 Å². The van der Waals surface area contributed by atoms with Crippen molar-refractivity contribution in [3.63, 3.8) is 0 Å². The molecule has 11 heavy (non-hydrogen) atoms. The maximum absolute atomic E-state index is 11.4. The van der Waals surface area contributed by atoms with Gasteiger partial charge in [-0.25, -0.2) is 4.79 Å². The van der Waals surface area contributed by atoms with Gasteiger partial charge in [-0.2, -0.15) is 13.2 Å². The molecule has 3 nitrogen and oxygen atoms in total. The van der Waals surface area contributed by atoms with Crippen molar-refractivity contribution in [3.8, 4) is 0 Å². The van der Waals surface area contributed by atoms with Crippen LogP contribution in [0, 0.1) is 0 Å². The fraction of sp³-hybridized carbons (Fsp3) is 0.750. The summed E-state index contributed by atoms with van der Waals surface area (Å²) in [6.45, 7) is -1.43. The second kappa shape index (κ2) is 4.27. The van der Waals surface area contributed by atoms with E-state index in [4.69, 9.17) is 5.11 Å². The number of rotatable bonds is 1. The molecule has 0 aromatic rings. The molecule has 1 N–H and O–H groups in total. The molecular formula is C4H7ClF3NO2. The third kappa shape index (κ3) is 7.24. The van der Waals surface area contributed by atoms with Crippen LogP contribution in [0.5, 0.6) is 0 Å². The second-order valence-corrected chi connectivity index (χ2v) is 1.75. The second-order valence-electron chi connectivity index (χ2n) is 1.75. The van der Waals surface area contributed by atoms with Gasteiger partial charge in [0.25, 0.3) is 0 Å². The Labute approximate surface area is 67.2 Å². The maximum Gasteiger partial charge on any atom is 0.407 e. The first-order chi connectivity index (χ1) is 4.33. The van der Waals surface area contributed by atoms with E-state index in [-0.39, 0.29) is 17.3 Å². The molecule has 7 heteroatoms. The summed E-state index contributed by atoms with van der Waals surface area (Å²) in [6.07, 6.45) is -6.04. The first-order valence-corrected chi connectivity index (χ1v) is 2.34. The molecule has 0 unspecified atom stereocenters. The van der Waals surface area contributed by atoms with Gasteiger partial charge in [0.05, 0.1) is 0 Å². The lowest BCUT2D eigenvalue weighted by molar-refractivity contribution is -0.139. The average Bonchev–Trinajstić information content (AvgIpc) is 1.60. The number of carboxylic acid groups (broad SMARTS) is 1. The molecule has 0 radical (unpaired) electrons. The van der Waals surface area contributed by atoms with Gasteiger partial charge in [-0.15, -0.1) is 12.4 Å². The van der Waals surface area contributed by atoms with Gasteiger partial charge in [0.15, 0.2) is 0 Å². The lowest BCUT2D eigenvalue weighted by Crippen LogP contribution is -2.34. The fourth-order valence-corrected chi connectivity index (χ4v) is 0.337. The Morgan fingerprint density at radius 2 is 1.91 bits per heavy atom. The first kappa shape index (κ1) is 13.0. The number of hydrogen-bond acceptors (Lipinski definition) is 1. The Kier molecular flexibility index (Phi) is 5.04. The highest BCUT2D eigenvalue weighted by atomic mass is 35.5. The number of halogens is 4. The van der Waals surface area contributed by atoms with Crippen molar-refractivity contribution in [2.45, 2.75) is 6.18 Å². The van der Waals surface area contributed by atoms with E-state index in [1.165, 1.54) is 0 Å². The smallest absolute Gasteiger partial charge is 0.407 e. The van der Waals surface area contributed by atoms with Crippen molar-refractivity contribution >= 4 is 18.5 Å². The Bertz CT molecular complexity index is 138. The van der Waals surface area contributed by atoms with Crippen LogP contribution in [0.3, 0.4) is 0 Å². The van der Waals surface area contributed by atoms with Crippen LogP contribution in [0.4, 0.5) is 18.0 Å². The number of nitrogens with zero attached hydrogens (tertiary/aromatic N) is 1. The standard InChI is InChI=1S/C4H6F3NO2.ClH/c1-8(3(9)10)2-4(5,6)7;/h2H2,1H3,(H,9,10);1H. The quantitative estimate of drug-likeness (QED) is 0.687. The predicted octanol–water partition coefficient (Wildman–Crippen LogP) is 1.58. The van der Waals surface area contributed by atoms with E-state index < -0.39 is 18.8 Å². The molecule has 0 fully saturated rings. The van der Waals surface area contributed by atoms with Crippen LogP contribution in [0.15, 0.2) is 0 Å². The number of hydrogen-bond donors (Lipinski definition) is 1. The topological polar surface area (TPSA) is 40.5 Å². The van der Waals surface area contributed by atoms with E-state index in [0.29, 0.717) is 0 Å². The van der Waals surface area contributed by atoms with Crippen LogP contribution < -0.4 is 0 Å². The molecule has 0 bridgehead atoms. The molecular weight excluding hydrogens is 186 g/mol.